The van der Waals surface area contributed by atoms with E-state index in [1.165, 1.54) is 15.9 Å². The van der Waals surface area contributed by atoms with Gasteiger partial charge < -0.3 is 0 Å². The molecule has 2 heterocycles. The van der Waals surface area contributed by atoms with Crippen LogP contribution in [0.4, 0.5) is 0 Å². The number of H-pyrrole nitrogens is 2. The van der Waals surface area contributed by atoms with Gasteiger partial charge in [-0.2, -0.15) is 0 Å². The largest absolute Gasteiger partial charge is 0.342 e. The van der Waals surface area contributed by atoms with E-state index < -0.39 is 0 Å². The molecular formula is C7H6ClN3OS2. The zero-order valence-corrected chi connectivity index (χ0v) is 9.30. The minimum absolute atomic E-state index is 0.253. The van der Waals surface area contributed by atoms with E-state index in [1.54, 1.807) is 0 Å². The van der Waals surface area contributed by atoms with Crippen LogP contribution in [0.3, 0.4) is 0 Å². The molecule has 0 aliphatic rings. The molecule has 0 fully saturated rings. The molecule has 0 aromatic carbocycles. The summed E-state index contributed by atoms with van der Waals surface area (Å²) in [4.78, 5) is 11.2. The molecule has 2 aromatic rings. The Bertz CT molecular complexity index is 522. The molecule has 0 aliphatic heterocycles. The molecule has 2 aromatic heterocycles. The van der Waals surface area contributed by atoms with Gasteiger partial charge in [0.15, 0.2) is 4.77 Å². The molecular weight excluding hydrogens is 242 g/mol. The molecule has 0 radical (unpaired) electrons. The molecule has 0 saturated heterocycles. The highest BCUT2D eigenvalue weighted by Gasteiger charge is 2.05. The highest BCUT2D eigenvalue weighted by molar-refractivity contribution is 7.71. The number of hydrogen-bond acceptors (Lipinski definition) is 3. The Kier molecular flexibility index (Phi) is 2.58. The summed E-state index contributed by atoms with van der Waals surface area (Å²) in [5.74, 6) is 0. The highest BCUT2D eigenvalue weighted by atomic mass is 35.5. The van der Waals surface area contributed by atoms with Gasteiger partial charge in [-0.15, -0.1) is 11.3 Å². The molecule has 0 atom stereocenters. The van der Waals surface area contributed by atoms with E-state index in [-0.39, 0.29) is 5.69 Å². The van der Waals surface area contributed by atoms with Crippen molar-refractivity contribution in [3.63, 3.8) is 0 Å². The maximum absolute atomic E-state index is 11.2. The summed E-state index contributed by atoms with van der Waals surface area (Å²) < 4.78 is 2.48. The summed E-state index contributed by atoms with van der Waals surface area (Å²) in [5.41, 5.74) is 0.648. The molecule has 0 aliphatic carbocycles. The van der Waals surface area contributed by atoms with Crippen molar-refractivity contribution >= 4 is 35.2 Å². The normalized spacial score (nSPS) is 10.6. The van der Waals surface area contributed by atoms with Crippen LogP contribution in [0.25, 0.3) is 0 Å². The Hall–Kier alpha value is -0.850. The molecule has 0 spiro atoms. The average Bonchev–Trinajstić information content (AvgIpc) is 2.67. The average molecular weight is 248 g/mol. The van der Waals surface area contributed by atoms with Gasteiger partial charge in [-0.3, -0.25) is 9.67 Å². The molecule has 4 nitrogen and oxygen atoms in total. The van der Waals surface area contributed by atoms with Gasteiger partial charge in [0, 0.05) is 5.56 Å². The summed E-state index contributed by atoms with van der Waals surface area (Å²) in [6, 6.07) is 1.88. The van der Waals surface area contributed by atoms with Crippen LogP contribution in [0.15, 0.2) is 16.2 Å². The lowest BCUT2D eigenvalue weighted by molar-refractivity contribution is 0.753. The second-order valence-corrected chi connectivity index (χ2v) is 4.57. The first-order valence-corrected chi connectivity index (χ1v) is 5.44. The van der Waals surface area contributed by atoms with Crippen molar-refractivity contribution < 1.29 is 0 Å². The van der Waals surface area contributed by atoms with Gasteiger partial charge in [0.25, 0.3) is 0 Å². The van der Waals surface area contributed by atoms with E-state index in [4.69, 9.17) is 23.8 Å². The number of halogens is 1. The molecule has 0 unspecified atom stereocenters. The number of hydrogen-bond donors (Lipinski definition) is 2. The van der Waals surface area contributed by atoms with Gasteiger partial charge in [0.05, 0.1) is 10.9 Å². The van der Waals surface area contributed by atoms with E-state index in [0.29, 0.717) is 15.7 Å². The lowest BCUT2D eigenvalue weighted by Gasteiger charge is -1.97. The first kappa shape index (κ1) is 9.70. The molecule has 0 amide bonds. The zero-order chi connectivity index (χ0) is 10.1. The number of rotatable bonds is 2. The van der Waals surface area contributed by atoms with Crippen molar-refractivity contribution in [2.75, 3.05) is 0 Å². The maximum atomic E-state index is 11.2. The first-order valence-electron chi connectivity index (χ1n) is 3.78. The summed E-state index contributed by atoms with van der Waals surface area (Å²) >= 11 is 12.3. The summed E-state index contributed by atoms with van der Waals surface area (Å²) in [6.07, 6.45) is 0. The van der Waals surface area contributed by atoms with Crippen LogP contribution in [0.1, 0.15) is 5.56 Å². The Labute approximate surface area is 93.1 Å². The van der Waals surface area contributed by atoms with Crippen molar-refractivity contribution in [2.45, 2.75) is 6.54 Å². The van der Waals surface area contributed by atoms with E-state index in [9.17, 15) is 4.79 Å². The van der Waals surface area contributed by atoms with E-state index in [0.717, 1.165) is 5.56 Å². The number of aromatic amines is 2. The Morgan fingerprint density at radius 1 is 1.57 bits per heavy atom. The SMILES string of the molecule is O=c1[nH][nH]c(=S)n1Cc1ccsc1Cl. The van der Waals surface area contributed by atoms with Gasteiger partial charge >= 0.3 is 5.69 Å². The number of nitrogens with one attached hydrogen (secondary N) is 2. The molecule has 2 rings (SSSR count). The van der Waals surface area contributed by atoms with Crippen molar-refractivity contribution in [1.29, 1.82) is 0 Å². The standard InChI is InChI=1S/C7H6ClN3OS2/c8-5-4(1-2-14-5)3-11-6(12)9-10-7(11)13/h1-2H,3H2,(H,9,12)(H,10,13). The van der Waals surface area contributed by atoms with E-state index in [1.807, 2.05) is 11.4 Å². The van der Waals surface area contributed by atoms with Crippen LogP contribution >= 0.6 is 35.2 Å². The van der Waals surface area contributed by atoms with E-state index >= 15 is 0 Å². The Morgan fingerprint density at radius 2 is 2.36 bits per heavy atom. The summed E-state index contributed by atoms with van der Waals surface area (Å²) in [7, 11) is 0. The highest BCUT2D eigenvalue weighted by Crippen LogP contribution is 2.22. The van der Waals surface area contributed by atoms with Crippen LogP contribution in [-0.2, 0) is 6.54 Å². The van der Waals surface area contributed by atoms with Crippen LogP contribution in [0.2, 0.25) is 4.34 Å². The number of aromatic nitrogens is 3. The van der Waals surface area contributed by atoms with Crippen LogP contribution in [0, 0.1) is 4.77 Å². The second kappa shape index (κ2) is 3.72. The third-order valence-corrected chi connectivity index (χ3v) is 3.36. The van der Waals surface area contributed by atoms with Crippen molar-refractivity contribution in [3.8, 4) is 0 Å². The van der Waals surface area contributed by atoms with Gasteiger partial charge in [0.1, 0.15) is 0 Å². The van der Waals surface area contributed by atoms with Crippen LogP contribution < -0.4 is 5.69 Å². The fourth-order valence-corrected chi connectivity index (χ4v) is 2.19. The first-order chi connectivity index (χ1) is 6.68. The molecule has 14 heavy (non-hydrogen) atoms. The lowest BCUT2D eigenvalue weighted by Crippen LogP contribution is -2.17. The van der Waals surface area contributed by atoms with Crippen LogP contribution in [-0.4, -0.2) is 14.8 Å². The smallest absolute Gasteiger partial charge is 0.272 e. The third-order valence-electron chi connectivity index (χ3n) is 1.79. The van der Waals surface area contributed by atoms with Gasteiger partial charge in [-0.25, -0.2) is 9.89 Å². The minimum Gasteiger partial charge on any atom is -0.272 e. The molecule has 0 saturated carbocycles. The predicted molar refractivity (Wildman–Crippen MR) is 58.7 cm³/mol. The van der Waals surface area contributed by atoms with Crippen molar-refractivity contribution in [1.82, 2.24) is 14.8 Å². The second-order valence-electron chi connectivity index (χ2n) is 2.67. The number of nitrogens with zero attached hydrogens (tertiary/aromatic N) is 1. The number of thiophene rings is 1. The lowest BCUT2D eigenvalue weighted by atomic mass is 10.3. The zero-order valence-electron chi connectivity index (χ0n) is 6.91. The molecule has 7 heteroatoms. The Morgan fingerprint density at radius 3 is 2.86 bits per heavy atom. The van der Waals surface area contributed by atoms with Gasteiger partial charge in [-0.1, -0.05) is 11.6 Å². The summed E-state index contributed by atoms with van der Waals surface area (Å²) in [6.45, 7) is 0.403. The summed E-state index contributed by atoms with van der Waals surface area (Å²) in [5, 5.41) is 6.85. The maximum Gasteiger partial charge on any atom is 0.342 e. The third kappa shape index (κ3) is 1.68. The van der Waals surface area contributed by atoms with Gasteiger partial charge in [0.2, 0.25) is 0 Å². The topological polar surface area (TPSA) is 53.6 Å². The quantitative estimate of drug-likeness (QED) is 0.798. The minimum atomic E-state index is -0.253. The van der Waals surface area contributed by atoms with Gasteiger partial charge in [-0.05, 0) is 23.7 Å². The van der Waals surface area contributed by atoms with Crippen molar-refractivity contribution in [3.05, 3.63) is 36.6 Å². The monoisotopic (exact) mass is 247 g/mol. The Balaban J connectivity index is 2.41. The fourth-order valence-electron chi connectivity index (χ4n) is 1.08. The molecule has 0 bridgehead atoms. The predicted octanol–water partition coefficient (Wildman–Crippen LogP) is 2.00. The van der Waals surface area contributed by atoms with Crippen molar-refractivity contribution in [2.24, 2.45) is 0 Å². The van der Waals surface area contributed by atoms with Crippen LogP contribution in [0.5, 0.6) is 0 Å². The fraction of sp³-hybridized carbons (Fsp3) is 0.143. The molecule has 2 N–H and O–H groups in total. The van der Waals surface area contributed by atoms with E-state index in [2.05, 4.69) is 10.2 Å². The molecule has 74 valence electrons.